The molecule has 0 spiro atoms. The Morgan fingerprint density at radius 1 is 1.14 bits per heavy atom. The van der Waals surface area contributed by atoms with Gasteiger partial charge in [0.1, 0.15) is 0 Å². The molecule has 1 heterocycles. The second-order valence-corrected chi connectivity index (χ2v) is 6.07. The second-order valence-electron chi connectivity index (χ2n) is 6.07. The maximum Gasteiger partial charge on any atom is 0.261 e. The number of fused-ring (bicyclic) bond motifs is 1. The highest BCUT2D eigenvalue weighted by Gasteiger charge is 2.33. The molecule has 1 aromatic carbocycles. The van der Waals surface area contributed by atoms with Crippen molar-refractivity contribution in [1.82, 2.24) is 4.90 Å². The molecule has 0 unspecified atom stereocenters. The Balaban J connectivity index is 1.74. The fraction of sp³-hybridized carbons (Fsp3) is 0.500. The minimum Gasteiger partial charge on any atom is -0.388 e. The van der Waals surface area contributed by atoms with Crippen LogP contribution in [0.2, 0.25) is 0 Å². The Hall–Kier alpha value is -1.88. The number of hydrogen-bond donors (Lipinski definition) is 2. The van der Waals surface area contributed by atoms with Crippen LogP contribution in [0.25, 0.3) is 0 Å². The summed E-state index contributed by atoms with van der Waals surface area (Å²) in [6, 6.07) is 5.16. The number of carbonyl (C=O) groups is 2. The molecule has 1 saturated carbocycles. The van der Waals surface area contributed by atoms with Gasteiger partial charge in [-0.15, -0.1) is 0 Å². The third kappa shape index (κ3) is 2.53. The van der Waals surface area contributed by atoms with E-state index in [-0.39, 0.29) is 11.8 Å². The number of nitrogens with one attached hydrogen (secondary N) is 1. The summed E-state index contributed by atoms with van der Waals surface area (Å²) >= 11 is 0. The minimum atomic E-state index is -0.659. The SMILES string of the molecule is CN1C(=O)c2ccc(NCC3(O)CCCCC3)cc2C1=O. The number of rotatable bonds is 3. The molecule has 5 nitrogen and oxygen atoms in total. The topological polar surface area (TPSA) is 69.6 Å². The molecule has 0 radical (unpaired) electrons. The van der Waals surface area contributed by atoms with E-state index in [0.29, 0.717) is 17.7 Å². The Morgan fingerprint density at radius 3 is 2.52 bits per heavy atom. The zero-order valence-corrected chi connectivity index (χ0v) is 12.2. The third-order valence-electron chi connectivity index (χ3n) is 4.50. The number of hydrogen-bond acceptors (Lipinski definition) is 4. The van der Waals surface area contributed by atoms with Crippen molar-refractivity contribution in [2.75, 3.05) is 18.9 Å². The van der Waals surface area contributed by atoms with Crippen LogP contribution in [0, 0.1) is 0 Å². The van der Waals surface area contributed by atoms with Crippen LogP contribution in [0.4, 0.5) is 5.69 Å². The number of imide groups is 1. The van der Waals surface area contributed by atoms with E-state index < -0.39 is 5.60 Å². The molecule has 1 aromatic rings. The van der Waals surface area contributed by atoms with Gasteiger partial charge in [-0.25, -0.2) is 0 Å². The van der Waals surface area contributed by atoms with Gasteiger partial charge < -0.3 is 10.4 Å². The van der Waals surface area contributed by atoms with Gasteiger partial charge in [-0.1, -0.05) is 19.3 Å². The summed E-state index contributed by atoms with van der Waals surface area (Å²) in [4.78, 5) is 24.9. The van der Waals surface area contributed by atoms with Crippen molar-refractivity contribution in [3.63, 3.8) is 0 Å². The van der Waals surface area contributed by atoms with E-state index in [1.54, 1.807) is 18.2 Å². The van der Waals surface area contributed by atoms with Gasteiger partial charge in [0.25, 0.3) is 11.8 Å². The molecule has 2 amide bonds. The molecule has 0 saturated heterocycles. The smallest absolute Gasteiger partial charge is 0.261 e. The monoisotopic (exact) mass is 288 g/mol. The van der Waals surface area contributed by atoms with Gasteiger partial charge in [0.05, 0.1) is 16.7 Å². The van der Waals surface area contributed by atoms with Gasteiger partial charge in [0.2, 0.25) is 0 Å². The standard InChI is InChI=1S/C16H20N2O3/c1-18-14(19)12-6-5-11(9-13(12)15(18)20)17-10-16(21)7-3-2-4-8-16/h5-6,9,17,21H,2-4,7-8,10H2,1H3. The number of benzene rings is 1. The van der Waals surface area contributed by atoms with Gasteiger partial charge in [0.15, 0.2) is 0 Å². The molecule has 1 fully saturated rings. The highest BCUT2D eigenvalue weighted by molar-refractivity contribution is 6.21. The summed E-state index contributed by atoms with van der Waals surface area (Å²) in [5.41, 5.74) is 0.991. The molecule has 1 aliphatic carbocycles. The number of nitrogens with zero attached hydrogens (tertiary/aromatic N) is 1. The van der Waals surface area contributed by atoms with Crippen molar-refractivity contribution in [2.45, 2.75) is 37.7 Å². The zero-order chi connectivity index (χ0) is 15.0. The van der Waals surface area contributed by atoms with Gasteiger partial charge in [-0.2, -0.15) is 0 Å². The fourth-order valence-corrected chi connectivity index (χ4v) is 3.12. The molecule has 21 heavy (non-hydrogen) atoms. The van der Waals surface area contributed by atoms with Gasteiger partial charge in [0, 0.05) is 19.3 Å². The van der Waals surface area contributed by atoms with Crippen molar-refractivity contribution in [1.29, 1.82) is 0 Å². The highest BCUT2D eigenvalue weighted by Crippen LogP contribution is 2.29. The van der Waals surface area contributed by atoms with Crippen LogP contribution in [-0.2, 0) is 0 Å². The Labute approximate surface area is 123 Å². The van der Waals surface area contributed by atoms with Crippen LogP contribution in [0.5, 0.6) is 0 Å². The number of amides is 2. The first-order valence-corrected chi connectivity index (χ1v) is 7.43. The molecular formula is C16H20N2O3. The minimum absolute atomic E-state index is 0.257. The first kappa shape index (κ1) is 14.1. The lowest BCUT2D eigenvalue weighted by Gasteiger charge is -2.32. The van der Waals surface area contributed by atoms with E-state index in [1.807, 2.05) is 0 Å². The summed E-state index contributed by atoms with van der Waals surface area (Å²) in [6.07, 6.45) is 4.92. The molecule has 0 aromatic heterocycles. The van der Waals surface area contributed by atoms with Crippen molar-refractivity contribution in [2.24, 2.45) is 0 Å². The lowest BCUT2D eigenvalue weighted by molar-refractivity contribution is 0.0167. The molecule has 1 aliphatic heterocycles. The van der Waals surface area contributed by atoms with Crippen LogP contribution in [-0.4, -0.2) is 41.0 Å². The molecule has 112 valence electrons. The van der Waals surface area contributed by atoms with E-state index in [1.165, 1.54) is 13.5 Å². The predicted octanol–water partition coefficient (Wildman–Crippen LogP) is 2.02. The van der Waals surface area contributed by atoms with E-state index in [2.05, 4.69) is 5.32 Å². The summed E-state index contributed by atoms with van der Waals surface area (Å²) < 4.78 is 0. The molecule has 2 aliphatic rings. The molecule has 0 atom stereocenters. The molecular weight excluding hydrogens is 268 g/mol. The van der Waals surface area contributed by atoms with Gasteiger partial charge in [-0.05, 0) is 31.0 Å². The summed E-state index contributed by atoms with van der Waals surface area (Å²) in [7, 11) is 1.49. The van der Waals surface area contributed by atoms with Crippen LogP contribution in [0.15, 0.2) is 18.2 Å². The van der Waals surface area contributed by atoms with Crippen LogP contribution < -0.4 is 5.32 Å². The van der Waals surface area contributed by atoms with E-state index in [0.717, 1.165) is 36.3 Å². The first-order chi connectivity index (χ1) is 10.0. The van der Waals surface area contributed by atoms with Crippen molar-refractivity contribution >= 4 is 17.5 Å². The summed E-state index contributed by atoms with van der Waals surface area (Å²) in [5.74, 6) is -0.525. The quantitative estimate of drug-likeness (QED) is 0.835. The fourth-order valence-electron chi connectivity index (χ4n) is 3.12. The molecule has 5 heteroatoms. The Kier molecular flexibility index (Phi) is 3.45. The number of aliphatic hydroxyl groups is 1. The maximum atomic E-state index is 12.0. The predicted molar refractivity (Wildman–Crippen MR) is 79.4 cm³/mol. The molecule has 2 N–H and O–H groups in total. The van der Waals surface area contributed by atoms with Crippen molar-refractivity contribution in [3.8, 4) is 0 Å². The average Bonchev–Trinajstić information content (AvgIpc) is 2.71. The average molecular weight is 288 g/mol. The van der Waals surface area contributed by atoms with Gasteiger partial charge in [-0.3, -0.25) is 14.5 Å². The first-order valence-electron chi connectivity index (χ1n) is 7.43. The Bertz CT molecular complexity index is 591. The maximum absolute atomic E-state index is 12.0. The number of anilines is 1. The largest absolute Gasteiger partial charge is 0.388 e. The van der Waals surface area contributed by atoms with Crippen LogP contribution >= 0.6 is 0 Å². The van der Waals surface area contributed by atoms with E-state index in [4.69, 9.17) is 0 Å². The summed E-state index contributed by atoms with van der Waals surface area (Å²) in [6.45, 7) is 0.476. The lowest BCUT2D eigenvalue weighted by atomic mass is 9.85. The Morgan fingerprint density at radius 2 is 1.81 bits per heavy atom. The summed E-state index contributed by atoms with van der Waals surface area (Å²) in [5, 5.41) is 13.7. The van der Waals surface area contributed by atoms with E-state index >= 15 is 0 Å². The molecule has 0 bridgehead atoms. The normalized spacial score (nSPS) is 20.6. The molecule has 3 rings (SSSR count). The van der Waals surface area contributed by atoms with Crippen LogP contribution in [0.3, 0.4) is 0 Å². The third-order valence-corrected chi connectivity index (χ3v) is 4.50. The van der Waals surface area contributed by atoms with Crippen molar-refractivity contribution < 1.29 is 14.7 Å². The second kappa shape index (κ2) is 5.15. The zero-order valence-electron chi connectivity index (χ0n) is 12.2. The van der Waals surface area contributed by atoms with Gasteiger partial charge >= 0.3 is 0 Å². The van der Waals surface area contributed by atoms with Crippen LogP contribution in [0.1, 0.15) is 52.8 Å². The number of carbonyl (C=O) groups excluding carboxylic acids is 2. The van der Waals surface area contributed by atoms with Crippen molar-refractivity contribution in [3.05, 3.63) is 29.3 Å². The van der Waals surface area contributed by atoms with E-state index in [9.17, 15) is 14.7 Å². The highest BCUT2D eigenvalue weighted by atomic mass is 16.3. The lowest BCUT2D eigenvalue weighted by Crippen LogP contribution is -2.38.